The maximum atomic E-state index is 12.3. The van der Waals surface area contributed by atoms with E-state index < -0.39 is 10.8 Å². The van der Waals surface area contributed by atoms with Crippen LogP contribution in [0.25, 0.3) is 0 Å². The fourth-order valence-electron chi connectivity index (χ4n) is 1.81. The third-order valence-corrected chi connectivity index (χ3v) is 5.59. The van der Waals surface area contributed by atoms with Crippen molar-refractivity contribution in [2.24, 2.45) is 11.7 Å². The summed E-state index contributed by atoms with van der Waals surface area (Å²) in [7, 11) is 0.749. The predicted octanol–water partition coefficient (Wildman–Crippen LogP) is 2.88. The minimum absolute atomic E-state index is 0.0394. The number of benzene rings is 1. The van der Waals surface area contributed by atoms with Gasteiger partial charge in [-0.05, 0) is 30.5 Å². The van der Waals surface area contributed by atoms with Gasteiger partial charge >= 0.3 is 0 Å². The van der Waals surface area contributed by atoms with Gasteiger partial charge in [-0.2, -0.15) is 0 Å². The van der Waals surface area contributed by atoms with Gasteiger partial charge in [0.05, 0.1) is 12.4 Å². The minimum atomic E-state index is -0.889. The molecule has 0 aliphatic rings. The Hall–Kier alpha value is -0.870. The molecule has 4 unspecified atom stereocenters. The molecule has 1 rings (SSSR count). The lowest BCUT2D eigenvalue weighted by atomic mass is 10.1. The first kappa shape index (κ1) is 16.2. The zero-order chi connectivity index (χ0) is 14.4. The van der Waals surface area contributed by atoms with Gasteiger partial charge in [0, 0.05) is 22.6 Å². The van der Waals surface area contributed by atoms with Crippen molar-refractivity contribution in [1.82, 2.24) is 0 Å². The maximum Gasteiger partial charge on any atom is 0.118 e. The Morgan fingerprint density at radius 1 is 1.26 bits per heavy atom. The minimum Gasteiger partial charge on any atom is -0.497 e. The highest BCUT2D eigenvalue weighted by molar-refractivity contribution is 7.85. The van der Waals surface area contributed by atoms with Gasteiger partial charge in [0.1, 0.15) is 5.75 Å². The van der Waals surface area contributed by atoms with Crippen molar-refractivity contribution in [2.75, 3.05) is 12.9 Å². The van der Waals surface area contributed by atoms with E-state index in [0.717, 1.165) is 23.5 Å². The van der Waals surface area contributed by atoms with Gasteiger partial charge in [0.15, 0.2) is 0 Å². The van der Waals surface area contributed by atoms with Crippen LogP contribution >= 0.6 is 0 Å². The van der Waals surface area contributed by atoms with E-state index in [1.165, 1.54) is 0 Å². The van der Waals surface area contributed by atoms with Crippen molar-refractivity contribution in [1.29, 1.82) is 0 Å². The number of rotatable bonds is 7. The lowest BCUT2D eigenvalue weighted by Crippen LogP contribution is -2.30. The molecule has 4 heteroatoms. The summed E-state index contributed by atoms with van der Waals surface area (Å²) in [5.41, 5.74) is 7.22. The molecule has 3 nitrogen and oxygen atoms in total. The predicted molar refractivity (Wildman–Crippen MR) is 81.8 cm³/mol. The van der Waals surface area contributed by atoms with E-state index in [0.29, 0.717) is 5.92 Å². The van der Waals surface area contributed by atoms with Crippen molar-refractivity contribution in [2.45, 2.75) is 38.5 Å². The van der Waals surface area contributed by atoms with Crippen LogP contribution in [-0.2, 0) is 10.8 Å². The van der Waals surface area contributed by atoms with Crippen LogP contribution in [0.2, 0.25) is 0 Å². The first-order chi connectivity index (χ1) is 8.99. The quantitative estimate of drug-likeness (QED) is 0.837. The van der Waals surface area contributed by atoms with Crippen LogP contribution in [0.5, 0.6) is 5.75 Å². The Morgan fingerprint density at radius 2 is 1.84 bits per heavy atom. The fraction of sp³-hybridized carbons (Fsp3) is 0.600. The third-order valence-electron chi connectivity index (χ3n) is 3.57. The highest BCUT2D eigenvalue weighted by Gasteiger charge is 2.22. The molecule has 1 aromatic carbocycles. The van der Waals surface area contributed by atoms with E-state index in [1.54, 1.807) is 7.11 Å². The highest BCUT2D eigenvalue weighted by Crippen LogP contribution is 2.22. The first-order valence-electron chi connectivity index (χ1n) is 6.76. The summed E-state index contributed by atoms with van der Waals surface area (Å²) in [6, 6.07) is 7.47. The van der Waals surface area contributed by atoms with Crippen molar-refractivity contribution in [3.63, 3.8) is 0 Å². The van der Waals surface area contributed by atoms with E-state index in [2.05, 4.69) is 13.8 Å². The van der Waals surface area contributed by atoms with Crippen molar-refractivity contribution < 1.29 is 8.95 Å². The largest absolute Gasteiger partial charge is 0.497 e. The van der Waals surface area contributed by atoms with E-state index in [1.807, 2.05) is 31.2 Å². The van der Waals surface area contributed by atoms with Gasteiger partial charge in [-0.25, -0.2) is 0 Å². The smallest absolute Gasteiger partial charge is 0.118 e. The molecule has 0 saturated heterocycles. The normalized spacial score (nSPS) is 17.5. The van der Waals surface area contributed by atoms with Crippen LogP contribution in [0.4, 0.5) is 0 Å². The number of hydrogen-bond donors (Lipinski definition) is 1. The molecular formula is C15H25NO2S. The molecular weight excluding hydrogens is 258 g/mol. The molecule has 1 aromatic rings. The SMILES string of the molecule is CCC(C)CS(=O)C(C)C(N)c1ccc(OC)cc1. The van der Waals surface area contributed by atoms with Gasteiger partial charge in [-0.1, -0.05) is 32.4 Å². The summed E-state index contributed by atoms with van der Waals surface area (Å²) < 4.78 is 17.4. The molecule has 0 fully saturated rings. The first-order valence-corrected chi connectivity index (χ1v) is 8.14. The van der Waals surface area contributed by atoms with Gasteiger partial charge in [-0.15, -0.1) is 0 Å². The molecule has 4 atom stereocenters. The molecule has 0 radical (unpaired) electrons. The van der Waals surface area contributed by atoms with E-state index in [-0.39, 0.29) is 11.3 Å². The van der Waals surface area contributed by atoms with Crippen LogP contribution in [0, 0.1) is 5.92 Å². The zero-order valence-electron chi connectivity index (χ0n) is 12.3. The monoisotopic (exact) mass is 283 g/mol. The van der Waals surface area contributed by atoms with Crippen molar-refractivity contribution in [3.8, 4) is 5.75 Å². The lowest BCUT2D eigenvalue weighted by molar-refractivity contribution is 0.414. The molecule has 0 saturated carbocycles. The van der Waals surface area contributed by atoms with Gasteiger partial charge in [-0.3, -0.25) is 4.21 Å². The third kappa shape index (κ3) is 4.62. The van der Waals surface area contributed by atoms with Crippen LogP contribution in [0.15, 0.2) is 24.3 Å². The van der Waals surface area contributed by atoms with E-state index >= 15 is 0 Å². The van der Waals surface area contributed by atoms with Crippen molar-refractivity contribution >= 4 is 10.8 Å². The summed E-state index contributed by atoms with van der Waals surface area (Å²) in [5.74, 6) is 2.01. The van der Waals surface area contributed by atoms with E-state index in [4.69, 9.17) is 10.5 Å². The second-order valence-corrected chi connectivity index (χ2v) is 6.90. The van der Waals surface area contributed by atoms with Crippen LogP contribution in [0.1, 0.15) is 38.8 Å². The molecule has 0 bridgehead atoms. The fourth-order valence-corrected chi connectivity index (χ4v) is 3.40. The molecule has 0 spiro atoms. The summed E-state index contributed by atoms with van der Waals surface area (Å²) in [6.45, 7) is 6.22. The average molecular weight is 283 g/mol. The van der Waals surface area contributed by atoms with Gasteiger partial charge < -0.3 is 10.5 Å². The average Bonchev–Trinajstić information content (AvgIpc) is 2.45. The molecule has 108 valence electrons. The second-order valence-electron chi connectivity index (χ2n) is 5.06. The molecule has 0 aliphatic heterocycles. The topological polar surface area (TPSA) is 52.3 Å². The summed E-state index contributed by atoms with van der Waals surface area (Å²) in [6.07, 6.45) is 1.05. The number of ether oxygens (including phenoxy) is 1. The number of methoxy groups -OCH3 is 1. The van der Waals surface area contributed by atoms with Crippen LogP contribution in [0.3, 0.4) is 0 Å². The molecule has 2 N–H and O–H groups in total. The summed E-state index contributed by atoms with van der Waals surface area (Å²) in [5, 5.41) is -0.0394. The Bertz CT molecular complexity index is 405. The van der Waals surface area contributed by atoms with Gasteiger partial charge in [0.25, 0.3) is 0 Å². The maximum absolute atomic E-state index is 12.3. The molecule has 19 heavy (non-hydrogen) atoms. The Morgan fingerprint density at radius 3 is 2.32 bits per heavy atom. The Balaban J connectivity index is 2.69. The Labute approximate surface area is 119 Å². The number of nitrogens with two attached hydrogens (primary N) is 1. The highest BCUT2D eigenvalue weighted by atomic mass is 32.2. The van der Waals surface area contributed by atoms with Gasteiger partial charge in [0.2, 0.25) is 0 Å². The molecule has 0 aliphatic carbocycles. The van der Waals surface area contributed by atoms with Crippen molar-refractivity contribution in [3.05, 3.63) is 29.8 Å². The zero-order valence-corrected chi connectivity index (χ0v) is 13.1. The summed E-state index contributed by atoms with van der Waals surface area (Å²) in [4.78, 5) is 0. The second kappa shape index (κ2) is 7.65. The van der Waals surface area contributed by atoms with Crippen LogP contribution in [-0.4, -0.2) is 22.3 Å². The standard InChI is InChI=1S/C15H25NO2S/c1-5-11(2)10-19(17)12(3)15(16)13-6-8-14(18-4)9-7-13/h6-9,11-12,15H,5,10,16H2,1-4H3. The lowest BCUT2D eigenvalue weighted by Gasteiger charge is -2.21. The summed E-state index contributed by atoms with van der Waals surface area (Å²) >= 11 is 0. The molecule has 0 aromatic heterocycles. The van der Waals surface area contributed by atoms with E-state index in [9.17, 15) is 4.21 Å². The molecule has 0 amide bonds. The van der Waals surface area contributed by atoms with Crippen LogP contribution < -0.4 is 10.5 Å². The molecule has 0 heterocycles. The Kier molecular flexibility index (Phi) is 6.52. The number of hydrogen-bond acceptors (Lipinski definition) is 3.